The Morgan fingerprint density at radius 2 is 1.65 bits per heavy atom. The van der Waals surface area contributed by atoms with Crippen LogP contribution in [0.2, 0.25) is 0 Å². The molecule has 2 aliphatic rings. The normalized spacial score (nSPS) is 35.5. The van der Waals surface area contributed by atoms with Crippen LogP contribution in [0.5, 0.6) is 0 Å². The lowest BCUT2D eigenvalue weighted by Gasteiger charge is -2.42. The Morgan fingerprint density at radius 3 is 2.18 bits per heavy atom. The summed E-state index contributed by atoms with van der Waals surface area (Å²) < 4.78 is 0. The number of rotatable bonds is 3. The van der Waals surface area contributed by atoms with Crippen molar-refractivity contribution in [2.45, 2.75) is 82.8 Å². The van der Waals surface area contributed by atoms with E-state index in [0.717, 1.165) is 44.4 Å². The van der Waals surface area contributed by atoms with Gasteiger partial charge in [0.25, 0.3) is 0 Å². The van der Waals surface area contributed by atoms with Crippen molar-refractivity contribution in [3.05, 3.63) is 0 Å². The molecule has 2 heteroatoms. The fraction of sp³-hybridized carbons (Fsp3) is 1.00. The van der Waals surface area contributed by atoms with Gasteiger partial charge >= 0.3 is 0 Å². The monoisotopic (exact) mass is 240 g/mol. The summed E-state index contributed by atoms with van der Waals surface area (Å²) in [6.45, 7) is 2.26. The van der Waals surface area contributed by atoms with Gasteiger partial charge in [0.1, 0.15) is 0 Å². The highest BCUT2D eigenvalue weighted by Crippen LogP contribution is 2.40. The van der Waals surface area contributed by atoms with Gasteiger partial charge in [-0.2, -0.15) is 0 Å². The predicted molar refractivity (Wildman–Crippen MR) is 69.8 cm³/mol. The van der Waals surface area contributed by atoms with Gasteiger partial charge in [-0.1, -0.05) is 45.4 Å². The summed E-state index contributed by atoms with van der Waals surface area (Å²) in [6, 6.07) is 0. The molecule has 0 heterocycles. The van der Waals surface area contributed by atoms with E-state index in [1.807, 2.05) is 0 Å². The van der Waals surface area contributed by atoms with Crippen LogP contribution in [-0.2, 0) is 0 Å². The second-order valence-corrected chi connectivity index (χ2v) is 6.30. The van der Waals surface area contributed by atoms with E-state index in [9.17, 15) is 10.2 Å². The first-order valence-electron chi connectivity index (χ1n) is 7.56. The van der Waals surface area contributed by atoms with Crippen molar-refractivity contribution in [3.8, 4) is 0 Å². The summed E-state index contributed by atoms with van der Waals surface area (Å²) in [7, 11) is 0. The molecule has 100 valence electrons. The fourth-order valence-electron chi connectivity index (χ4n) is 3.81. The SMILES string of the molecule is CCC1CCC(C(O)C2(O)CCCCC2)CC1. The third-order valence-electron chi connectivity index (χ3n) is 5.19. The summed E-state index contributed by atoms with van der Waals surface area (Å²) in [4.78, 5) is 0. The molecule has 0 bridgehead atoms. The first-order chi connectivity index (χ1) is 8.15. The predicted octanol–water partition coefficient (Wildman–Crippen LogP) is 3.26. The van der Waals surface area contributed by atoms with Crippen molar-refractivity contribution in [2.24, 2.45) is 11.8 Å². The van der Waals surface area contributed by atoms with Gasteiger partial charge < -0.3 is 10.2 Å². The molecule has 17 heavy (non-hydrogen) atoms. The maximum atomic E-state index is 10.6. The third-order valence-corrected chi connectivity index (χ3v) is 5.19. The highest BCUT2D eigenvalue weighted by molar-refractivity contribution is 4.93. The smallest absolute Gasteiger partial charge is 0.0908 e. The van der Waals surface area contributed by atoms with Crippen molar-refractivity contribution >= 4 is 0 Å². The van der Waals surface area contributed by atoms with E-state index in [2.05, 4.69) is 6.92 Å². The Balaban J connectivity index is 1.89. The first-order valence-corrected chi connectivity index (χ1v) is 7.56. The molecule has 2 saturated carbocycles. The van der Waals surface area contributed by atoms with Crippen molar-refractivity contribution in [2.75, 3.05) is 0 Å². The van der Waals surface area contributed by atoms with Gasteiger partial charge in [0.05, 0.1) is 11.7 Å². The maximum Gasteiger partial charge on any atom is 0.0908 e. The lowest BCUT2D eigenvalue weighted by atomic mass is 9.70. The molecule has 1 atom stereocenters. The molecule has 1 unspecified atom stereocenters. The zero-order chi connectivity index (χ0) is 12.3. The summed E-state index contributed by atoms with van der Waals surface area (Å²) in [5, 5.41) is 21.0. The average molecular weight is 240 g/mol. The Hall–Kier alpha value is -0.0800. The van der Waals surface area contributed by atoms with Gasteiger partial charge in [-0.3, -0.25) is 0 Å². The lowest BCUT2D eigenvalue weighted by molar-refractivity contribution is -0.126. The molecule has 0 aromatic carbocycles. The third kappa shape index (κ3) is 3.03. The summed E-state index contributed by atoms with van der Waals surface area (Å²) in [5.74, 6) is 1.21. The summed E-state index contributed by atoms with van der Waals surface area (Å²) in [6.07, 6.45) is 10.5. The molecule has 2 fully saturated rings. The highest BCUT2D eigenvalue weighted by atomic mass is 16.3. The van der Waals surface area contributed by atoms with Crippen LogP contribution in [0.3, 0.4) is 0 Å². The molecule has 0 amide bonds. The van der Waals surface area contributed by atoms with Gasteiger partial charge in [0.15, 0.2) is 0 Å². The zero-order valence-corrected chi connectivity index (χ0v) is 11.2. The second kappa shape index (κ2) is 5.71. The lowest BCUT2D eigenvalue weighted by Crippen LogP contribution is -2.48. The van der Waals surface area contributed by atoms with Crippen LogP contribution in [0.25, 0.3) is 0 Å². The largest absolute Gasteiger partial charge is 0.390 e. The summed E-state index contributed by atoms with van der Waals surface area (Å²) in [5.41, 5.74) is -0.762. The van der Waals surface area contributed by atoms with Gasteiger partial charge in [0, 0.05) is 0 Å². The molecule has 0 saturated heterocycles. The maximum absolute atomic E-state index is 10.6. The Morgan fingerprint density at radius 1 is 1.06 bits per heavy atom. The van der Waals surface area contributed by atoms with Crippen molar-refractivity contribution in [3.63, 3.8) is 0 Å². The Kier molecular flexibility index (Phi) is 4.48. The molecule has 0 aromatic heterocycles. The minimum atomic E-state index is -0.762. The molecular formula is C15H28O2. The second-order valence-electron chi connectivity index (χ2n) is 6.30. The van der Waals surface area contributed by atoms with Crippen LogP contribution < -0.4 is 0 Å². The number of aliphatic hydroxyl groups excluding tert-OH is 1. The van der Waals surface area contributed by atoms with Crippen LogP contribution in [0, 0.1) is 11.8 Å². The van der Waals surface area contributed by atoms with Gasteiger partial charge in [-0.05, 0) is 37.5 Å². The molecule has 0 radical (unpaired) electrons. The van der Waals surface area contributed by atoms with Crippen LogP contribution in [0.4, 0.5) is 0 Å². The molecule has 2 nitrogen and oxygen atoms in total. The Labute approximate surface area is 105 Å². The molecule has 0 spiro atoms. The van der Waals surface area contributed by atoms with Crippen molar-refractivity contribution in [1.29, 1.82) is 0 Å². The fourth-order valence-corrected chi connectivity index (χ4v) is 3.81. The molecule has 0 aromatic rings. The van der Waals surface area contributed by atoms with Crippen molar-refractivity contribution < 1.29 is 10.2 Å². The van der Waals surface area contributed by atoms with E-state index in [4.69, 9.17) is 0 Å². The molecule has 2 rings (SSSR count). The highest BCUT2D eigenvalue weighted by Gasteiger charge is 2.41. The number of aliphatic hydroxyl groups is 2. The number of hydrogen-bond donors (Lipinski definition) is 2. The topological polar surface area (TPSA) is 40.5 Å². The minimum absolute atomic E-state index is 0.348. The standard InChI is InChI=1S/C15H28O2/c1-2-12-6-8-13(9-7-12)14(16)15(17)10-4-3-5-11-15/h12-14,16-17H,2-11H2,1H3. The van der Waals surface area contributed by atoms with Gasteiger partial charge in [-0.15, -0.1) is 0 Å². The van der Waals surface area contributed by atoms with E-state index < -0.39 is 11.7 Å². The zero-order valence-electron chi connectivity index (χ0n) is 11.2. The Bertz CT molecular complexity index is 225. The quantitative estimate of drug-likeness (QED) is 0.795. The number of hydrogen-bond acceptors (Lipinski definition) is 2. The van der Waals surface area contributed by atoms with E-state index in [-0.39, 0.29) is 0 Å². The molecular weight excluding hydrogens is 212 g/mol. The van der Waals surface area contributed by atoms with Crippen LogP contribution >= 0.6 is 0 Å². The van der Waals surface area contributed by atoms with Crippen LogP contribution in [-0.4, -0.2) is 21.9 Å². The first kappa shape index (κ1) is 13.4. The average Bonchev–Trinajstić information content (AvgIpc) is 2.39. The molecule has 2 aliphatic carbocycles. The van der Waals surface area contributed by atoms with Crippen molar-refractivity contribution in [1.82, 2.24) is 0 Å². The van der Waals surface area contributed by atoms with Crippen LogP contribution in [0.15, 0.2) is 0 Å². The van der Waals surface area contributed by atoms with Gasteiger partial charge in [-0.25, -0.2) is 0 Å². The molecule has 2 N–H and O–H groups in total. The molecule has 0 aliphatic heterocycles. The van der Waals surface area contributed by atoms with Gasteiger partial charge in [0.2, 0.25) is 0 Å². The van der Waals surface area contributed by atoms with E-state index in [0.29, 0.717) is 5.92 Å². The van der Waals surface area contributed by atoms with E-state index >= 15 is 0 Å². The van der Waals surface area contributed by atoms with E-state index in [1.54, 1.807) is 0 Å². The van der Waals surface area contributed by atoms with E-state index in [1.165, 1.54) is 25.7 Å². The summed E-state index contributed by atoms with van der Waals surface area (Å²) >= 11 is 0. The minimum Gasteiger partial charge on any atom is -0.390 e. The van der Waals surface area contributed by atoms with Crippen LogP contribution in [0.1, 0.15) is 71.1 Å².